The summed E-state index contributed by atoms with van der Waals surface area (Å²) in [5, 5.41) is 26.2. The maximum atomic E-state index is 13.9. The van der Waals surface area contributed by atoms with E-state index in [0.717, 1.165) is 17.7 Å². The summed E-state index contributed by atoms with van der Waals surface area (Å²) in [6.07, 6.45) is -2.65. The van der Waals surface area contributed by atoms with E-state index in [9.17, 15) is 19.7 Å². The minimum atomic E-state index is -4.15. The van der Waals surface area contributed by atoms with Gasteiger partial charge in [0.05, 0.1) is 39.1 Å². The summed E-state index contributed by atoms with van der Waals surface area (Å²) in [6, 6.07) is 10.00. The van der Waals surface area contributed by atoms with E-state index in [2.05, 4.69) is 35.2 Å². The Morgan fingerprint density at radius 3 is 2.30 bits per heavy atom. The summed E-state index contributed by atoms with van der Waals surface area (Å²) in [5.41, 5.74) is 3.63. The number of nitrogens with zero attached hydrogens (tertiary/aromatic N) is 8. The van der Waals surface area contributed by atoms with E-state index in [0.29, 0.717) is 41.1 Å². The Morgan fingerprint density at radius 1 is 0.849 bits per heavy atom. The van der Waals surface area contributed by atoms with Gasteiger partial charge in [-0.05, 0) is 37.1 Å². The Morgan fingerprint density at radius 2 is 1.53 bits per heavy atom. The van der Waals surface area contributed by atoms with Gasteiger partial charge in [0.25, 0.3) is 0 Å². The third kappa shape index (κ3) is 7.29. The highest BCUT2D eigenvalue weighted by Crippen LogP contribution is 2.53. The van der Waals surface area contributed by atoms with Gasteiger partial charge >= 0.3 is 6.72 Å². The third-order valence-corrected chi connectivity index (χ3v) is 11.3. The molecule has 3 aliphatic heterocycles. The maximum absolute atomic E-state index is 13.9. The van der Waals surface area contributed by atoms with Crippen molar-refractivity contribution in [3.8, 4) is 0 Å². The summed E-state index contributed by atoms with van der Waals surface area (Å²) in [7, 11) is -4.91. The topological polar surface area (TPSA) is 232 Å². The molecule has 23 heteroatoms. The zero-order valence-electron chi connectivity index (χ0n) is 27.4. The summed E-state index contributed by atoms with van der Waals surface area (Å²) >= 11 is 5.42. The maximum Gasteiger partial charge on any atom is 0.325 e. The largest absolute Gasteiger partial charge is 0.387 e. The van der Waals surface area contributed by atoms with E-state index in [1.807, 2.05) is 37.3 Å². The number of nitrogens with one attached hydrogen (secondary N) is 1. The second kappa shape index (κ2) is 14.7. The zero-order valence-corrected chi connectivity index (χ0v) is 30.0. The number of fused-ring (bicyclic) bond motifs is 5. The van der Waals surface area contributed by atoms with E-state index in [1.165, 1.54) is 29.9 Å². The average molecular weight is 789 g/mol. The molecule has 53 heavy (non-hydrogen) atoms. The Balaban J connectivity index is 1.06. The molecule has 0 radical (unpaired) electrons. The lowest BCUT2D eigenvalue weighted by atomic mass is 10.1. The molecule has 0 amide bonds. The number of imidazole rings is 2. The zero-order chi connectivity index (χ0) is 36.9. The molecule has 282 valence electrons. The predicted molar refractivity (Wildman–Crippen MR) is 194 cm³/mol. The molecule has 7 heterocycles. The quantitative estimate of drug-likeness (QED) is 0.133. The number of benzene rings is 1. The molecule has 4 aromatic heterocycles. The molecule has 1 aromatic carbocycles. The van der Waals surface area contributed by atoms with Crippen molar-refractivity contribution < 1.29 is 47.2 Å². The van der Waals surface area contributed by atoms with Gasteiger partial charge in [0.1, 0.15) is 62.3 Å². The molecule has 3 saturated heterocycles. The van der Waals surface area contributed by atoms with E-state index in [1.54, 1.807) is 4.57 Å². The smallest absolute Gasteiger partial charge is 0.325 e. The van der Waals surface area contributed by atoms with Crippen molar-refractivity contribution in [2.75, 3.05) is 25.1 Å². The highest BCUT2D eigenvalue weighted by Gasteiger charge is 2.52. The fraction of sp³-hybridized carbons (Fsp3) is 0.467. The molecule has 3 aliphatic rings. The van der Waals surface area contributed by atoms with Gasteiger partial charge in [0.2, 0.25) is 0 Å². The first kappa shape index (κ1) is 36.7. The molecule has 0 saturated carbocycles. The Labute approximate surface area is 308 Å². The molecule has 1 unspecified atom stereocenters. The minimum Gasteiger partial charge on any atom is -0.387 e. The molecule has 0 spiro atoms. The number of aliphatic hydroxyl groups is 2. The molecular formula is C30H37BN9O10P2S-. The number of rotatable bonds is 7. The molecule has 4 N–H and O–H groups in total. The first-order valence-corrected chi connectivity index (χ1v) is 20.1. The number of aromatic nitrogens is 8. The van der Waals surface area contributed by atoms with E-state index < -0.39 is 77.4 Å². The molecular weight excluding hydrogens is 751 g/mol. The molecule has 0 aliphatic carbocycles. The van der Waals surface area contributed by atoms with Crippen LogP contribution in [0.1, 0.15) is 30.6 Å². The van der Waals surface area contributed by atoms with Gasteiger partial charge in [-0.25, -0.2) is 29.9 Å². The van der Waals surface area contributed by atoms with Gasteiger partial charge in [0.15, 0.2) is 35.1 Å². The van der Waals surface area contributed by atoms with Crippen LogP contribution in [0.15, 0.2) is 55.6 Å². The van der Waals surface area contributed by atoms with Gasteiger partial charge in [-0.3, -0.25) is 13.7 Å². The van der Waals surface area contributed by atoms with Crippen LogP contribution in [-0.2, 0) is 56.8 Å². The van der Waals surface area contributed by atoms with E-state index >= 15 is 0 Å². The third-order valence-electron chi connectivity index (χ3n) is 9.01. The Kier molecular flexibility index (Phi) is 10.2. The van der Waals surface area contributed by atoms with Crippen molar-refractivity contribution >= 4 is 61.7 Å². The van der Waals surface area contributed by atoms with Crippen LogP contribution in [0, 0.1) is 0 Å². The molecule has 2 bridgehead atoms. The lowest BCUT2D eigenvalue weighted by Crippen LogP contribution is -2.36. The second-order valence-corrected chi connectivity index (χ2v) is 15.9. The fourth-order valence-corrected chi connectivity index (χ4v) is 8.74. The summed E-state index contributed by atoms with van der Waals surface area (Å²) in [6.45, 7) is -2.44. The first-order chi connectivity index (χ1) is 25.5. The number of hydrogen-bond donors (Lipinski definition) is 4. The molecule has 3 fully saturated rings. The van der Waals surface area contributed by atoms with Crippen molar-refractivity contribution in [3.63, 3.8) is 0 Å². The van der Waals surface area contributed by atoms with Crippen LogP contribution in [0.4, 0.5) is 5.82 Å². The van der Waals surface area contributed by atoms with Gasteiger partial charge in [-0.2, -0.15) is 0 Å². The number of ether oxygens (including phenoxy) is 2. The van der Waals surface area contributed by atoms with Crippen LogP contribution >= 0.6 is 14.2 Å². The van der Waals surface area contributed by atoms with Gasteiger partial charge in [-0.15, -0.1) is 0 Å². The predicted octanol–water partition coefficient (Wildman–Crippen LogP) is 0.907. The van der Waals surface area contributed by atoms with Crippen LogP contribution in [-0.4, -0.2) is 118 Å². The Bertz CT molecular complexity index is 2200. The summed E-state index contributed by atoms with van der Waals surface area (Å²) < 4.78 is 53.1. The summed E-state index contributed by atoms with van der Waals surface area (Å²) in [4.78, 5) is 37.8. The summed E-state index contributed by atoms with van der Waals surface area (Å²) in [5.74, 6) is 0.495. The second-order valence-electron chi connectivity index (χ2n) is 12.2. The van der Waals surface area contributed by atoms with Crippen molar-refractivity contribution in [2.24, 2.45) is 0 Å². The lowest BCUT2D eigenvalue weighted by molar-refractivity contribution is -0.0595. The van der Waals surface area contributed by atoms with Crippen molar-refractivity contribution in [3.05, 3.63) is 66.9 Å². The number of hydrogen-bond acceptors (Lipinski definition) is 17. The van der Waals surface area contributed by atoms with E-state index in [4.69, 9.17) is 39.4 Å². The Hall–Kier alpha value is -3.30. The van der Waals surface area contributed by atoms with Crippen LogP contribution in [0.25, 0.3) is 22.3 Å². The highest BCUT2D eigenvalue weighted by molar-refractivity contribution is 8.07. The normalized spacial score (nSPS) is 33.7. The SMILES string of the molecule is [BH3-][P@@]1(=O)OC[C@H]2O[C@@H](n3cnc4c(NCC)ncnc43)[C@H](OP(O)(=S)OC[C@H]3O[C@@H](n4cnc5c(CCc6ccccc6)ncnc54)[C@H](O)[C@@H]3O1)[C@@H]2O. The van der Waals surface area contributed by atoms with Crippen LogP contribution < -0.4 is 5.32 Å². The van der Waals surface area contributed by atoms with Gasteiger partial charge in [0, 0.05) is 6.54 Å². The molecule has 10 atom stereocenters. The fourth-order valence-electron chi connectivity index (χ4n) is 6.54. The van der Waals surface area contributed by atoms with Crippen molar-refractivity contribution in [2.45, 2.75) is 68.8 Å². The minimum absolute atomic E-state index is 0.357. The monoisotopic (exact) mass is 788 g/mol. The van der Waals surface area contributed by atoms with Crippen LogP contribution in [0.2, 0.25) is 0 Å². The van der Waals surface area contributed by atoms with Crippen molar-refractivity contribution in [1.29, 1.82) is 0 Å². The van der Waals surface area contributed by atoms with Gasteiger partial charge < -0.3 is 48.0 Å². The average Bonchev–Trinajstić information content (AvgIpc) is 3.91. The standard InChI is InChI=1S/C30H37BN9O10P2S/c1-2-32-26-21-28(36-13-34-26)40(15-38-21)30-25-22(41)18(47-30)10-45-51(31,43)49-24-19(11-46-52(44,53)50-25)48-29(23(24)42)39-14-37-20-17(33-12-35-27(20)39)9-8-16-6-4-3-5-7-16/h3-7,12-15,18-19,22-25,29-30,41-42H,2,8-11H2,1,31H3,(H,44,53)(H,32,34,36)/q-1/t18-,19-,22-,23-,24-,25-,29-,30-,51-,52?/m1/s1. The van der Waals surface area contributed by atoms with Gasteiger partial charge in [-0.1, -0.05) is 30.3 Å². The molecule has 5 aromatic rings. The first-order valence-electron chi connectivity index (χ1n) is 16.4. The number of aliphatic hydroxyl groups excluding tert-OH is 2. The van der Waals surface area contributed by atoms with E-state index in [-0.39, 0.29) is 6.61 Å². The number of anilines is 1. The molecule has 19 nitrogen and oxygen atoms in total. The lowest BCUT2D eigenvalue weighted by Gasteiger charge is -2.29. The number of aryl methyl sites for hydroxylation is 2. The van der Waals surface area contributed by atoms with Crippen molar-refractivity contribution in [1.82, 2.24) is 39.0 Å². The highest BCUT2D eigenvalue weighted by atomic mass is 32.5. The van der Waals surface area contributed by atoms with Crippen LogP contribution in [0.3, 0.4) is 0 Å². The van der Waals surface area contributed by atoms with Crippen LogP contribution in [0.5, 0.6) is 0 Å². The molecule has 8 rings (SSSR count).